The van der Waals surface area contributed by atoms with Gasteiger partial charge in [-0.25, -0.2) is 17.6 Å². The summed E-state index contributed by atoms with van der Waals surface area (Å²) in [7, 11) is -4.19. The summed E-state index contributed by atoms with van der Waals surface area (Å²) in [6, 6.07) is 11.0. The number of carbonyl (C=O) groups is 1. The summed E-state index contributed by atoms with van der Waals surface area (Å²) in [5.74, 6) is -0.584. The van der Waals surface area contributed by atoms with Crippen LogP contribution in [0.5, 0.6) is 0 Å². The van der Waals surface area contributed by atoms with Crippen molar-refractivity contribution in [3.63, 3.8) is 0 Å². The zero-order valence-electron chi connectivity index (χ0n) is 15.6. The number of rotatable bonds is 4. The highest BCUT2D eigenvalue weighted by molar-refractivity contribution is 7.98. The zero-order chi connectivity index (χ0) is 21.5. The molecule has 4 rings (SSSR count). The number of thioether (sulfide) groups is 1. The largest absolute Gasteiger partial charge is 0.343 e. The predicted molar refractivity (Wildman–Crippen MR) is 115 cm³/mol. The molecule has 0 saturated carbocycles. The second kappa shape index (κ2) is 7.90. The van der Waals surface area contributed by atoms with E-state index in [2.05, 4.69) is 4.98 Å². The third-order valence-corrected chi connectivity index (χ3v) is 7.42. The van der Waals surface area contributed by atoms with Crippen LogP contribution in [0.4, 0.5) is 20.6 Å². The van der Waals surface area contributed by atoms with Gasteiger partial charge in [-0.1, -0.05) is 29.8 Å². The molecule has 3 aromatic rings. The van der Waals surface area contributed by atoms with Crippen LogP contribution in [0.15, 0.2) is 70.7 Å². The van der Waals surface area contributed by atoms with Crippen LogP contribution in [0.1, 0.15) is 5.56 Å². The molecule has 0 spiro atoms. The van der Waals surface area contributed by atoms with Crippen molar-refractivity contribution in [2.24, 2.45) is 0 Å². The number of benzene rings is 2. The molecule has 1 aliphatic heterocycles. The fourth-order valence-electron chi connectivity index (χ4n) is 3.19. The summed E-state index contributed by atoms with van der Waals surface area (Å²) in [6.07, 6.45) is 4.69. The van der Waals surface area contributed by atoms with Gasteiger partial charge in [-0.15, -0.1) is 11.8 Å². The fraction of sp³-hybridized carbons (Fsp3) is 0.100. The minimum atomic E-state index is -4.19. The van der Waals surface area contributed by atoms with Crippen molar-refractivity contribution in [1.82, 2.24) is 4.98 Å². The van der Waals surface area contributed by atoms with Gasteiger partial charge in [0.2, 0.25) is 0 Å². The van der Waals surface area contributed by atoms with Crippen LogP contribution >= 0.6 is 23.4 Å². The zero-order valence-corrected chi connectivity index (χ0v) is 18.0. The molecular formula is C20H15ClFN3O3S2. The quantitative estimate of drug-likeness (QED) is 0.513. The Hall–Kier alpha value is -2.62. The van der Waals surface area contributed by atoms with E-state index in [1.807, 2.05) is 6.26 Å². The lowest BCUT2D eigenvalue weighted by Crippen LogP contribution is -2.50. The number of hydrogen-bond donors (Lipinski definition) is 0. The summed E-state index contributed by atoms with van der Waals surface area (Å²) in [4.78, 5) is 19.3. The van der Waals surface area contributed by atoms with E-state index in [4.69, 9.17) is 11.6 Å². The standard InChI is InChI=1S/C20H15ClFN3O3S2/c1-29-14-9-13(10-23-11-14)25-20(26)24(12-15-16(21)5-4-6-17(15)22)18-7-2-3-8-19(18)30(25,27)28/h2-11H,12H2,1H3. The Balaban J connectivity index is 1.90. The van der Waals surface area contributed by atoms with Crippen molar-refractivity contribution in [1.29, 1.82) is 0 Å². The molecule has 0 bridgehead atoms. The number of anilines is 2. The van der Waals surface area contributed by atoms with Crippen LogP contribution in [-0.4, -0.2) is 25.7 Å². The lowest BCUT2D eigenvalue weighted by Gasteiger charge is -2.36. The van der Waals surface area contributed by atoms with Gasteiger partial charge < -0.3 is 0 Å². The first-order chi connectivity index (χ1) is 14.3. The number of urea groups is 1. The third kappa shape index (κ3) is 3.42. The molecule has 1 aromatic heterocycles. The van der Waals surface area contributed by atoms with Gasteiger partial charge in [-0.3, -0.25) is 9.88 Å². The summed E-state index contributed by atoms with van der Waals surface area (Å²) in [5.41, 5.74) is 0.357. The van der Waals surface area contributed by atoms with Crippen molar-refractivity contribution < 1.29 is 17.6 Å². The summed E-state index contributed by atoms with van der Waals surface area (Å²) >= 11 is 7.52. The molecule has 154 valence electrons. The van der Waals surface area contributed by atoms with E-state index < -0.39 is 21.9 Å². The van der Waals surface area contributed by atoms with Crippen molar-refractivity contribution in [2.45, 2.75) is 16.3 Å². The van der Waals surface area contributed by atoms with E-state index in [0.717, 1.165) is 0 Å². The molecule has 2 amide bonds. The van der Waals surface area contributed by atoms with Crippen LogP contribution in [0.2, 0.25) is 5.02 Å². The minimum Gasteiger partial charge on any atom is -0.287 e. The number of sulfonamides is 1. The molecule has 0 N–H and O–H groups in total. The number of nitrogens with zero attached hydrogens (tertiary/aromatic N) is 3. The van der Waals surface area contributed by atoms with Gasteiger partial charge in [0.25, 0.3) is 10.0 Å². The van der Waals surface area contributed by atoms with E-state index in [9.17, 15) is 17.6 Å². The molecule has 0 aliphatic carbocycles. The molecule has 0 saturated heterocycles. The summed E-state index contributed by atoms with van der Waals surface area (Å²) in [6.45, 7) is -0.233. The Kier molecular flexibility index (Phi) is 5.44. The third-order valence-electron chi connectivity index (χ3n) is 4.63. The van der Waals surface area contributed by atoms with Crippen molar-refractivity contribution in [3.05, 3.63) is 77.3 Å². The molecule has 2 aromatic carbocycles. The van der Waals surface area contributed by atoms with Crippen molar-refractivity contribution in [2.75, 3.05) is 15.5 Å². The lowest BCUT2D eigenvalue weighted by atomic mass is 10.2. The van der Waals surface area contributed by atoms with Crippen LogP contribution in [0.25, 0.3) is 0 Å². The molecule has 0 radical (unpaired) electrons. The van der Waals surface area contributed by atoms with Crippen molar-refractivity contribution >= 4 is 50.8 Å². The maximum Gasteiger partial charge on any atom is 0.343 e. The van der Waals surface area contributed by atoms with Gasteiger partial charge in [-0.05, 0) is 36.6 Å². The molecule has 0 unspecified atom stereocenters. The number of halogens is 2. The van der Waals surface area contributed by atoms with Crippen LogP contribution in [0, 0.1) is 5.82 Å². The molecule has 1 aliphatic rings. The van der Waals surface area contributed by atoms with Crippen LogP contribution in [-0.2, 0) is 16.6 Å². The first-order valence-electron chi connectivity index (χ1n) is 8.72. The van der Waals surface area contributed by atoms with Gasteiger partial charge in [0.15, 0.2) is 0 Å². The predicted octanol–water partition coefficient (Wildman–Crippen LogP) is 4.93. The molecule has 30 heavy (non-hydrogen) atoms. The number of amides is 2. The monoisotopic (exact) mass is 463 g/mol. The Labute approximate surface area is 182 Å². The van der Waals surface area contributed by atoms with Gasteiger partial charge in [0.05, 0.1) is 24.1 Å². The SMILES string of the molecule is CSc1cncc(N2C(=O)N(Cc3c(F)cccc3Cl)c3ccccc3S2(=O)=O)c1. The van der Waals surface area contributed by atoms with Gasteiger partial charge in [0, 0.05) is 21.7 Å². The average molecular weight is 464 g/mol. The number of pyridine rings is 1. The highest BCUT2D eigenvalue weighted by Crippen LogP contribution is 2.39. The summed E-state index contributed by atoms with van der Waals surface area (Å²) in [5, 5.41) is 0.145. The van der Waals surface area contributed by atoms with Gasteiger partial charge in [-0.2, -0.15) is 4.31 Å². The van der Waals surface area contributed by atoms with E-state index >= 15 is 0 Å². The lowest BCUT2D eigenvalue weighted by molar-refractivity contribution is 0.253. The number of carbonyl (C=O) groups excluding carboxylic acids is 1. The maximum absolute atomic E-state index is 14.4. The molecule has 0 atom stereocenters. The van der Waals surface area contributed by atoms with E-state index in [1.54, 1.807) is 24.4 Å². The molecule has 6 nitrogen and oxygen atoms in total. The first-order valence-corrected chi connectivity index (χ1v) is 11.8. The maximum atomic E-state index is 14.4. The normalized spacial score (nSPS) is 15.2. The topological polar surface area (TPSA) is 70.6 Å². The first kappa shape index (κ1) is 20.6. The average Bonchev–Trinajstić information content (AvgIpc) is 2.73. The van der Waals surface area contributed by atoms with E-state index in [-0.39, 0.29) is 33.4 Å². The van der Waals surface area contributed by atoms with Gasteiger partial charge in [0.1, 0.15) is 10.7 Å². The Morgan fingerprint density at radius 2 is 1.90 bits per heavy atom. The van der Waals surface area contributed by atoms with Crippen LogP contribution in [0.3, 0.4) is 0 Å². The fourth-order valence-corrected chi connectivity index (χ4v) is 5.38. The number of fused-ring (bicyclic) bond motifs is 1. The molecular weight excluding hydrogens is 449 g/mol. The second-order valence-electron chi connectivity index (χ2n) is 6.39. The Morgan fingerprint density at radius 1 is 1.13 bits per heavy atom. The highest BCUT2D eigenvalue weighted by Gasteiger charge is 2.43. The Bertz CT molecular complexity index is 1230. The number of para-hydroxylation sites is 1. The van der Waals surface area contributed by atoms with Crippen LogP contribution < -0.4 is 9.21 Å². The highest BCUT2D eigenvalue weighted by atomic mass is 35.5. The second-order valence-corrected chi connectivity index (χ2v) is 9.43. The number of hydrogen-bond acceptors (Lipinski definition) is 5. The molecule has 2 heterocycles. The summed E-state index contributed by atoms with van der Waals surface area (Å²) < 4.78 is 41.7. The van der Waals surface area contributed by atoms with Gasteiger partial charge >= 0.3 is 6.03 Å². The van der Waals surface area contributed by atoms with E-state index in [1.165, 1.54) is 53.2 Å². The number of aromatic nitrogens is 1. The minimum absolute atomic E-state index is 0.0633. The van der Waals surface area contributed by atoms with Crippen molar-refractivity contribution in [3.8, 4) is 0 Å². The molecule has 10 heteroatoms. The Morgan fingerprint density at radius 3 is 2.63 bits per heavy atom. The van der Waals surface area contributed by atoms with E-state index in [0.29, 0.717) is 9.20 Å². The smallest absolute Gasteiger partial charge is 0.287 e. The molecule has 0 fully saturated rings.